The minimum atomic E-state index is 0.275. The average molecular weight is 280 g/mol. The number of unbranched alkanes of at least 4 members (excludes halogenated alkanes) is 3. The van der Waals surface area contributed by atoms with E-state index in [0.717, 1.165) is 24.8 Å². The highest BCUT2D eigenvalue weighted by atomic mass is 16.1. The molecule has 0 unspecified atom stereocenters. The molecule has 0 radical (unpaired) electrons. The predicted octanol–water partition coefficient (Wildman–Crippen LogP) is 5.43. The van der Waals surface area contributed by atoms with Crippen molar-refractivity contribution in [2.24, 2.45) is 0 Å². The summed E-state index contributed by atoms with van der Waals surface area (Å²) in [5.41, 5.74) is 3.41. The normalized spacial score (nSPS) is 10.5. The summed E-state index contributed by atoms with van der Waals surface area (Å²) < 4.78 is 0. The molecule has 0 aliphatic rings. The van der Waals surface area contributed by atoms with Crippen molar-refractivity contribution in [2.75, 3.05) is 0 Å². The standard InChI is InChI=1S/C20H24O/c1-2-3-4-8-11-20(21)19-14-12-18(13-15-19)16-17-9-6-5-7-10-17/h5-7,9-10,12-15H,2-4,8,11,16H2,1H3. The first-order chi connectivity index (χ1) is 10.3. The lowest BCUT2D eigenvalue weighted by molar-refractivity contribution is 0.0979. The molecule has 0 fully saturated rings. The Hall–Kier alpha value is -1.89. The first kappa shape index (κ1) is 15.5. The summed E-state index contributed by atoms with van der Waals surface area (Å²) in [6.07, 6.45) is 6.21. The van der Waals surface area contributed by atoms with Gasteiger partial charge in [-0.05, 0) is 24.0 Å². The fourth-order valence-corrected chi connectivity index (χ4v) is 2.50. The minimum Gasteiger partial charge on any atom is -0.294 e. The van der Waals surface area contributed by atoms with Crippen LogP contribution in [0, 0.1) is 0 Å². The Morgan fingerprint density at radius 2 is 1.48 bits per heavy atom. The van der Waals surface area contributed by atoms with Gasteiger partial charge in [-0.2, -0.15) is 0 Å². The molecular formula is C20H24O. The molecule has 0 N–H and O–H groups in total. The molecular weight excluding hydrogens is 256 g/mol. The number of carbonyl (C=O) groups excluding carboxylic acids is 1. The molecule has 0 aromatic heterocycles. The zero-order valence-electron chi connectivity index (χ0n) is 12.8. The summed E-state index contributed by atoms with van der Waals surface area (Å²) in [5.74, 6) is 0.275. The molecule has 110 valence electrons. The van der Waals surface area contributed by atoms with Crippen molar-refractivity contribution in [3.05, 3.63) is 71.3 Å². The fourth-order valence-electron chi connectivity index (χ4n) is 2.50. The topological polar surface area (TPSA) is 17.1 Å². The van der Waals surface area contributed by atoms with E-state index in [4.69, 9.17) is 0 Å². The Balaban J connectivity index is 1.88. The zero-order valence-corrected chi connectivity index (χ0v) is 12.8. The van der Waals surface area contributed by atoms with Crippen LogP contribution in [0.3, 0.4) is 0 Å². The maximum Gasteiger partial charge on any atom is 0.162 e. The van der Waals surface area contributed by atoms with E-state index in [0.29, 0.717) is 6.42 Å². The molecule has 2 aromatic rings. The molecule has 0 aliphatic carbocycles. The van der Waals surface area contributed by atoms with Gasteiger partial charge in [0.2, 0.25) is 0 Å². The van der Waals surface area contributed by atoms with Crippen molar-refractivity contribution < 1.29 is 4.79 Å². The van der Waals surface area contributed by atoms with Crippen molar-refractivity contribution in [2.45, 2.75) is 45.4 Å². The van der Waals surface area contributed by atoms with Crippen molar-refractivity contribution in [3.8, 4) is 0 Å². The number of ketones is 1. The van der Waals surface area contributed by atoms with Gasteiger partial charge >= 0.3 is 0 Å². The van der Waals surface area contributed by atoms with Crippen molar-refractivity contribution in [1.29, 1.82) is 0 Å². The highest BCUT2D eigenvalue weighted by Crippen LogP contribution is 2.13. The first-order valence-corrected chi connectivity index (χ1v) is 7.95. The highest BCUT2D eigenvalue weighted by Gasteiger charge is 2.05. The molecule has 0 aliphatic heterocycles. The summed E-state index contributed by atoms with van der Waals surface area (Å²) >= 11 is 0. The third-order valence-corrected chi connectivity index (χ3v) is 3.78. The van der Waals surface area contributed by atoms with Gasteiger partial charge in [-0.15, -0.1) is 0 Å². The second kappa shape index (κ2) is 8.41. The Labute approximate surface area is 128 Å². The van der Waals surface area contributed by atoms with Gasteiger partial charge in [0.05, 0.1) is 0 Å². The minimum absolute atomic E-state index is 0.275. The smallest absolute Gasteiger partial charge is 0.162 e. The van der Waals surface area contributed by atoms with Gasteiger partial charge in [-0.25, -0.2) is 0 Å². The van der Waals surface area contributed by atoms with Gasteiger partial charge in [0.25, 0.3) is 0 Å². The van der Waals surface area contributed by atoms with Crippen LogP contribution in [0.4, 0.5) is 0 Å². The van der Waals surface area contributed by atoms with Gasteiger partial charge in [0.1, 0.15) is 0 Å². The maximum atomic E-state index is 12.1. The lowest BCUT2D eigenvalue weighted by Gasteiger charge is -2.04. The Morgan fingerprint density at radius 1 is 0.810 bits per heavy atom. The van der Waals surface area contributed by atoms with Crippen LogP contribution in [0.25, 0.3) is 0 Å². The van der Waals surface area contributed by atoms with Crippen LogP contribution in [-0.2, 0) is 6.42 Å². The fraction of sp³-hybridized carbons (Fsp3) is 0.350. The summed E-state index contributed by atoms with van der Waals surface area (Å²) in [7, 11) is 0. The summed E-state index contributed by atoms with van der Waals surface area (Å²) in [5, 5.41) is 0. The van der Waals surface area contributed by atoms with Crippen LogP contribution in [0.1, 0.15) is 60.5 Å². The van der Waals surface area contributed by atoms with Crippen molar-refractivity contribution in [3.63, 3.8) is 0 Å². The molecule has 1 nitrogen and oxygen atoms in total. The van der Waals surface area contributed by atoms with E-state index >= 15 is 0 Å². The van der Waals surface area contributed by atoms with Gasteiger partial charge in [0, 0.05) is 12.0 Å². The lowest BCUT2D eigenvalue weighted by Crippen LogP contribution is -1.99. The summed E-state index contributed by atoms with van der Waals surface area (Å²) in [6.45, 7) is 2.19. The third-order valence-electron chi connectivity index (χ3n) is 3.78. The van der Waals surface area contributed by atoms with E-state index in [9.17, 15) is 4.79 Å². The van der Waals surface area contributed by atoms with Crippen LogP contribution in [-0.4, -0.2) is 5.78 Å². The van der Waals surface area contributed by atoms with E-state index in [1.807, 2.05) is 18.2 Å². The molecule has 0 amide bonds. The molecule has 0 atom stereocenters. The van der Waals surface area contributed by atoms with Crippen LogP contribution in [0.15, 0.2) is 54.6 Å². The van der Waals surface area contributed by atoms with E-state index in [-0.39, 0.29) is 5.78 Å². The van der Waals surface area contributed by atoms with Gasteiger partial charge in [-0.3, -0.25) is 4.79 Å². The van der Waals surface area contributed by atoms with Crippen LogP contribution in [0.5, 0.6) is 0 Å². The van der Waals surface area contributed by atoms with E-state index < -0.39 is 0 Å². The summed E-state index contributed by atoms with van der Waals surface area (Å²) in [6, 6.07) is 18.5. The summed E-state index contributed by atoms with van der Waals surface area (Å²) in [4.78, 5) is 12.1. The molecule has 1 heteroatoms. The molecule has 0 saturated heterocycles. The molecule has 0 heterocycles. The van der Waals surface area contributed by atoms with E-state index in [1.165, 1.54) is 24.0 Å². The number of carbonyl (C=O) groups is 1. The van der Waals surface area contributed by atoms with E-state index in [1.54, 1.807) is 0 Å². The Kier molecular flexibility index (Phi) is 6.21. The second-order valence-electron chi connectivity index (χ2n) is 5.59. The van der Waals surface area contributed by atoms with Crippen LogP contribution < -0.4 is 0 Å². The SMILES string of the molecule is CCCCCCC(=O)c1ccc(Cc2ccccc2)cc1. The molecule has 21 heavy (non-hydrogen) atoms. The average Bonchev–Trinajstić information content (AvgIpc) is 2.53. The first-order valence-electron chi connectivity index (χ1n) is 7.95. The van der Waals surface area contributed by atoms with Crippen LogP contribution in [0.2, 0.25) is 0 Å². The zero-order chi connectivity index (χ0) is 14.9. The molecule has 2 aromatic carbocycles. The second-order valence-corrected chi connectivity index (χ2v) is 5.59. The number of hydrogen-bond acceptors (Lipinski definition) is 1. The van der Waals surface area contributed by atoms with Crippen molar-refractivity contribution in [1.82, 2.24) is 0 Å². The van der Waals surface area contributed by atoms with Crippen LogP contribution >= 0.6 is 0 Å². The highest BCUT2D eigenvalue weighted by molar-refractivity contribution is 5.96. The number of benzene rings is 2. The van der Waals surface area contributed by atoms with E-state index in [2.05, 4.69) is 43.3 Å². The number of hydrogen-bond donors (Lipinski definition) is 0. The molecule has 2 rings (SSSR count). The number of Topliss-reactive ketones (excluding diaryl/α,β-unsaturated/α-hetero) is 1. The molecule has 0 bridgehead atoms. The quantitative estimate of drug-likeness (QED) is 0.465. The predicted molar refractivity (Wildman–Crippen MR) is 88.8 cm³/mol. The maximum absolute atomic E-state index is 12.1. The lowest BCUT2D eigenvalue weighted by atomic mass is 10.00. The largest absolute Gasteiger partial charge is 0.294 e. The van der Waals surface area contributed by atoms with Crippen molar-refractivity contribution >= 4 is 5.78 Å². The van der Waals surface area contributed by atoms with Gasteiger partial charge in [0.15, 0.2) is 5.78 Å². The van der Waals surface area contributed by atoms with Gasteiger partial charge in [-0.1, -0.05) is 80.8 Å². The van der Waals surface area contributed by atoms with Gasteiger partial charge < -0.3 is 0 Å². The Morgan fingerprint density at radius 3 is 2.14 bits per heavy atom. The third kappa shape index (κ3) is 5.18. The molecule has 0 saturated carbocycles. The number of rotatable bonds is 8. The molecule has 0 spiro atoms. The Bertz CT molecular complexity index is 540. The monoisotopic (exact) mass is 280 g/mol.